The van der Waals surface area contributed by atoms with Gasteiger partial charge in [0, 0.05) is 11.5 Å². The van der Waals surface area contributed by atoms with Crippen LogP contribution < -0.4 is 10.1 Å². The van der Waals surface area contributed by atoms with Gasteiger partial charge in [-0.2, -0.15) is 0 Å². The minimum Gasteiger partial charge on any atom is -0.496 e. The summed E-state index contributed by atoms with van der Waals surface area (Å²) in [7, 11) is 1.57. The normalized spacial score (nSPS) is 15.0. The molecule has 1 aromatic rings. The first-order valence-electron chi connectivity index (χ1n) is 6.54. The fourth-order valence-electron chi connectivity index (χ4n) is 1.89. The van der Waals surface area contributed by atoms with E-state index in [1.165, 1.54) is 6.92 Å². The third-order valence-corrected chi connectivity index (χ3v) is 3.52. The highest BCUT2D eigenvalue weighted by Crippen LogP contribution is 2.25. The predicted molar refractivity (Wildman–Crippen MR) is 75.5 cm³/mol. The summed E-state index contributed by atoms with van der Waals surface area (Å²) in [5.41, 5.74) is 0.860. The van der Waals surface area contributed by atoms with Crippen LogP contribution in [0.25, 0.3) is 0 Å². The Labute approximate surface area is 118 Å². The molecule has 110 valence electrons. The van der Waals surface area contributed by atoms with E-state index in [9.17, 15) is 9.59 Å². The van der Waals surface area contributed by atoms with E-state index in [4.69, 9.17) is 9.84 Å². The van der Waals surface area contributed by atoms with E-state index in [1.807, 2.05) is 31.2 Å². The van der Waals surface area contributed by atoms with E-state index in [1.54, 1.807) is 14.0 Å². The van der Waals surface area contributed by atoms with Crippen molar-refractivity contribution in [2.45, 2.75) is 26.8 Å². The molecule has 5 heteroatoms. The molecule has 0 saturated carbocycles. The van der Waals surface area contributed by atoms with E-state index >= 15 is 0 Å². The monoisotopic (exact) mass is 279 g/mol. The number of rotatable bonds is 6. The Bertz CT molecular complexity index is 487. The molecule has 0 radical (unpaired) electrons. The van der Waals surface area contributed by atoms with Crippen molar-refractivity contribution in [2.75, 3.05) is 7.11 Å². The highest BCUT2D eigenvalue weighted by molar-refractivity contribution is 5.84. The highest BCUT2D eigenvalue weighted by Gasteiger charge is 2.27. The van der Waals surface area contributed by atoms with Gasteiger partial charge in [-0.25, -0.2) is 0 Å². The maximum absolute atomic E-state index is 12.1. The van der Waals surface area contributed by atoms with Gasteiger partial charge in [-0.1, -0.05) is 32.0 Å². The molecule has 0 bridgehead atoms. The summed E-state index contributed by atoms with van der Waals surface area (Å²) in [6, 6.07) is 7.16. The van der Waals surface area contributed by atoms with Crippen molar-refractivity contribution in [3.63, 3.8) is 0 Å². The van der Waals surface area contributed by atoms with Crippen LogP contribution in [0.1, 0.15) is 32.4 Å². The lowest BCUT2D eigenvalue weighted by atomic mass is 9.94. The zero-order valence-electron chi connectivity index (χ0n) is 12.2. The van der Waals surface area contributed by atoms with Crippen molar-refractivity contribution in [3.8, 4) is 5.75 Å². The second kappa shape index (κ2) is 6.93. The quantitative estimate of drug-likeness (QED) is 0.837. The van der Waals surface area contributed by atoms with Gasteiger partial charge in [0.1, 0.15) is 5.75 Å². The van der Waals surface area contributed by atoms with Crippen molar-refractivity contribution in [1.29, 1.82) is 0 Å². The number of carboxylic acids is 1. The summed E-state index contributed by atoms with van der Waals surface area (Å²) < 4.78 is 5.25. The third kappa shape index (κ3) is 3.73. The SMILES string of the molecule is COc1ccccc1C(C)NC(=O)C(C)C(C)C(=O)O. The topological polar surface area (TPSA) is 75.6 Å². The zero-order chi connectivity index (χ0) is 15.3. The molecule has 2 N–H and O–H groups in total. The lowest BCUT2D eigenvalue weighted by molar-refractivity contribution is -0.146. The lowest BCUT2D eigenvalue weighted by Gasteiger charge is -2.21. The number of hydrogen-bond donors (Lipinski definition) is 2. The fraction of sp³-hybridized carbons (Fsp3) is 0.467. The van der Waals surface area contributed by atoms with Crippen LogP contribution in [0.2, 0.25) is 0 Å². The molecule has 3 atom stereocenters. The summed E-state index contributed by atoms with van der Waals surface area (Å²) in [6.07, 6.45) is 0. The smallest absolute Gasteiger partial charge is 0.307 e. The summed E-state index contributed by atoms with van der Waals surface area (Å²) in [4.78, 5) is 23.0. The van der Waals surface area contributed by atoms with Crippen molar-refractivity contribution < 1.29 is 19.4 Å². The van der Waals surface area contributed by atoms with E-state index in [0.29, 0.717) is 5.75 Å². The van der Waals surface area contributed by atoms with Crippen LogP contribution in [-0.2, 0) is 9.59 Å². The standard InChI is InChI=1S/C15H21NO4/c1-9(10(2)15(18)19)14(17)16-11(3)12-7-5-6-8-13(12)20-4/h5-11H,1-4H3,(H,16,17)(H,18,19). The molecule has 0 aliphatic carbocycles. The Kier molecular flexibility index (Phi) is 5.55. The van der Waals surface area contributed by atoms with Crippen LogP contribution in [0.5, 0.6) is 5.75 Å². The van der Waals surface area contributed by atoms with Crippen molar-refractivity contribution in [1.82, 2.24) is 5.32 Å². The first-order valence-corrected chi connectivity index (χ1v) is 6.54. The first-order chi connectivity index (χ1) is 9.38. The third-order valence-electron chi connectivity index (χ3n) is 3.52. The number of methoxy groups -OCH3 is 1. The van der Waals surface area contributed by atoms with Gasteiger partial charge in [0.05, 0.1) is 19.1 Å². The van der Waals surface area contributed by atoms with Crippen LogP contribution in [-0.4, -0.2) is 24.1 Å². The van der Waals surface area contributed by atoms with Gasteiger partial charge < -0.3 is 15.2 Å². The Hall–Kier alpha value is -2.04. The van der Waals surface area contributed by atoms with Crippen molar-refractivity contribution in [3.05, 3.63) is 29.8 Å². The Morgan fingerprint density at radius 3 is 2.30 bits per heavy atom. The minimum atomic E-state index is -0.974. The largest absolute Gasteiger partial charge is 0.496 e. The summed E-state index contributed by atoms with van der Waals surface area (Å²) >= 11 is 0. The average molecular weight is 279 g/mol. The van der Waals surface area contributed by atoms with Crippen LogP contribution in [0, 0.1) is 11.8 Å². The second-order valence-corrected chi connectivity index (χ2v) is 4.89. The number of hydrogen-bond acceptors (Lipinski definition) is 3. The fourth-order valence-corrected chi connectivity index (χ4v) is 1.89. The molecule has 0 aromatic heterocycles. The van der Waals surface area contributed by atoms with Crippen molar-refractivity contribution >= 4 is 11.9 Å². The van der Waals surface area contributed by atoms with Gasteiger partial charge in [-0.15, -0.1) is 0 Å². The molecule has 0 fully saturated rings. The van der Waals surface area contributed by atoms with Crippen LogP contribution in [0.3, 0.4) is 0 Å². The van der Waals surface area contributed by atoms with E-state index < -0.39 is 17.8 Å². The van der Waals surface area contributed by atoms with Gasteiger partial charge in [0.25, 0.3) is 0 Å². The molecule has 3 unspecified atom stereocenters. The molecule has 1 amide bonds. The molecule has 0 spiro atoms. The van der Waals surface area contributed by atoms with Crippen molar-refractivity contribution in [2.24, 2.45) is 11.8 Å². The van der Waals surface area contributed by atoms with Gasteiger partial charge in [0.2, 0.25) is 5.91 Å². The molecule has 1 rings (SSSR count). The number of carbonyl (C=O) groups is 2. The van der Waals surface area contributed by atoms with Gasteiger partial charge in [0.15, 0.2) is 0 Å². The zero-order valence-corrected chi connectivity index (χ0v) is 12.2. The van der Waals surface area contributed by atoms with Gasteiger partial charge >= 0.3 is 5.97 Å². The molecule has 0 aliphatic rings. The number of benzene rings is 1. The highest BCUT2D eigenvalue weighted by atomic mass is 16.5. The molecule has 0 aliphatic heterocycles. The number of amides is 1. The molecular weight excluding hydrogens is 258 g/mol. The van der Waals surface area contributed by atoms with Crippen LogP contribution >= 0.6 is 0 Å². The minimum absolute atomic E-state index is 0.248. The molecule has 0 heterocycles. The van der Waals surface area contributed by atoms with E-state index in [2.05, 4.69) is 5.32 Å². The van der Waals surface area contributed by atoms with E-state index in [-0.39, 0.29) is 11.9 Å². The lowest BCUT2D eigenvalue weighted by Crippen LogP contribution is -2.36. The van der Waals surface area contributed by atoms with Gasteiger partial charge in [-0.3, -0.25) is 9.59 Å². The number of carboxylic acid groups (broad SMARTS) is 1. The Morgan fingerprint density at radius 2 is 1.75 bits per heavy atom. The summed E-state index contributed by atoms with van der Waals surface area (Å²) in [5.74, 6) is -1.88. The molecule has 1 aromatic carbocycles. The summed E-state index contributed by atoms with van der Waals surface area (Å²) in [6.45, 7) is 4.98. The van der Waals surface area contributed by atoms with Gasteiger partial charge in [-0.05, 0) is 13.0 Å². The average Bonchev–Trinajstić information content (AvgIpc) is 2.45. The molecule has 0 saturated heterocycles. The number of para-hydroxylation sites is 1. The Morgan fingerprint density at radius 1 is 1.15 bits per heavy atom. The summed E-state index contributed by atoms with van der Waals surface area (Å²) in [5, 5.41) is 11.8. The number of nitrogens with one attached hydrogen (secondary N) is 1. The maximum Gasteiger partial charge on any atom is 0.307 e. The predicted octanol–water partition coefficient (Wildman–Crippen LogP) is 2.23. The second-order valence-electron chi connectivity index (χ2n) is 4.89. The Balaban J connectivity index is 2.77. The molecule has 20 heavy (non-hydrogen) atoms. The number of aliphatic carboxylic acids is 1. The van der Waals surface area contributed by atoms with Crippen LogP contribution in [0.4, 0.5) is 0 Å². The first kappa shape index (κ1) is 16.0. The van der Waals surface area contributed by atoms with Crippen LogP contribution in [0.15, 0.2) is 24.3 Å². The van der Waals surface area contributed by atoms with E-state index in [0.717, 1.165) is 5.56 Å². The maximum atomic E-state index is 12.1. The number of carbonyl (C=O) groups excluding carboxylic acids is 1. The molecule has 5 nitrogen and oxygen atoms in total. The number of ether oxygens (including phenoxy) is 1. The molecular formula is C15H21NO4.